The molecule has 2 nitrogen and oxygen atoms in total. The molecule has 0 N–H and O–H groups in total. The summed E-state index contributed by atoms with van der Waals surface area (Å²) in [6.07, 6.45) is 6.06. The molecule has 0 saturated heterocycles. The quantitative estimate of drug-likeness (QED) is 0.111. The summed E-state index contributed by atoms with van der Waals surface area (Å²) in [5.74, 6) is 0. The third kappa shape index (κ3) is 8.35. The van der Waals surface area contributed by atoms with Crippen molar-refractivity contribution in [3.63, 3.8) is 0 Å². The lowest BCUT2D eigenvalue weighted by Gasteiger charge is -2.29. The maximum Gasteiger partial charge on any atom is 0.0522 e. The summed E-state index contributed by atoms with van der Waals surface area (Å²) in [4.78, 5) is 4.83. The van der Waals surface area contributed by atoms with Gasteiger partial charge in [0.2, 0.25) is 0 Å². The zero-order valence-corrected chi connectivity index (χ0v) is 32.3. The molecule has 0 aliphatic carbocycles. The molecule has 7 aromatic rings. The van der Waals surface area contributed by atoms with Crippen LogP contribution in [0.25, 0.3) is 0 Å². The van der Waals surface area contributed by atoms with Gasteiger partial charge < -0.3 is 9.80 Å². The van der Waals surface area contributed by atoms with Crippen LogP contribution in [-0.2, 0) is 38.5 Å². The second-order valence-corrected chi connectivity index (χ2v) is 14.4. The minimum Gasteiger partial charge on any atom is -0.310 e. The van der Waals surface area contributed by atoms with Crippen LogP contribution in [-0.4, -0.2) is 0 Å². The van der Waals surface area contributed by atoms with Gasteiger partial charge in [-0.25, -0.2) is 0 Å². The number of rotatable bonds is 14. The molecular formula is C52H52N2. The third-order valence-corrected chi connectivity index (χ3v) is 10.7. The van der Waals surface area contributed by atoms with Crippen LogP contribution >= 0.6 is 0 Å². The molecule has 0 radical (unpaired) electrons. The first kappa shape index (κ1) is 36.5. The molecule has 0 atom stereocenters. The van der Waals surface area contributed by atoms with Crippen molar-refractivity contribution in [2.24, 2.45) is 0 Å². The van der Waals surface area contributed by atoms with Crippen molar-refractivity contribution < 1.29 is 0 Å². The van der Waals surface area contributed by atoms with E-state index in [9.17, 15) is 0 Å². The van der Waals surface area contributed by atoms with Gasteiger partial charge in [-0.3, -0.25) is 0 Å². The van der Waals surface area contributed by atoms with Crippen LogP contribution in [0.5, 0.6) is 0 Å². The highest BCUT2D eigenvalue weighted by molar-refractivity contribution is 5.81. The lowest BCUT2D eigenvalue weighted by Crippen LogP contribution is -2.13. The van der Waals surface area contributed by atoms with Gasteiger partial charge in [0.15, 0.2) is 0 Å². The van der Waals surface area contributed by atoms with E-state index in [1.807, 2.05) is 0 Å². The molecule has 0 spiro atoms. The van der Waals surface area contributed by atoms with Gasteiger partial charge in [-0.2, -0.15) is 0 Å². The Morgan fingerprint density at radius 2 is 0.685 bits per heavy atom. The molecule has 7 rings (SSSR count). The molecule has 2 heteroatoms. The number of anilines is 6. The van der Waals surface area contributed by atoms with Gasteiger partial charge in [0.25, 0.3) is 0 Å². The van der Waals surface area contributed by atoms with Crippen LogP contribution in [0.15, 0.2) is 170 Å². The Balaban J connectivity index is 1.02. The Hall–Kier alpha value is -5.86. The fourth-order valence-corrected chi connectivity index (χ4v) is 7.76. The zero-order chi connectivity index (χ0) is 37.3. The minimum atomic E-state index is 0.992. The number of para-hydroxylation sites is 4. The van der Waals surface area contributed by atoms with Crippen molar-refractivity contribution in [2.45, 2.75) is 66.2 Å². The largest absolute Gasteiger partial charge is 0.310 e. The van der Waals surface area contributed by atoms with E-state index in [0.29, 0.717) is 0 Å². The van der Waals surface area contributed by atoms with Crippen molar-refractivity contribution in [1.29, 1.82) is 0 Å². The third-order valence-electron chi connectivity index (χ3n) is 10.7. The normalized spacial score (nSPS) is 11.0. The fraction of sp³-hybridized carbons (Fsp3) is 0.192. The SMILES string of the molecule is CCc1cccc(C)c1N(c1ccccc1)c1ccc(CCc2cccc(CCc3ccc(N(c4ccccc4)c4c(C)cccc4CC)cc3)c2)cc1. The van der Waals surface area contributed by atoms with Crippen LogP contribution in [0.4, 0.5) is 34.1 Å². The van der Waals surface area contributed by atoms with E-state index in [1.54, 1.807) is 0 Å². The first-order valence-corrected chi connectivity index (χ1v) is 19.7. The number of nitrogens with zero attached hydrogens (tertiary/aromatic N) is 2. The summed E-state index contributed by atoms with van der Waals surface area (Å²) in [6.45, 7) is 8.92. The van der Waals surface area contributed by atoms with E-state index in [-0.39, 0.29) is 0 Å². The smallest absolute Gasteiger partial charge is 0.0522 e. The summed E-state index contributed by atoms with van der Waals surface area (Å²) in [5.41, 5.74) is 18.1. The predicted octanol–water partition coefficient (Wildman–Crippen LogP) is 13.9. The van der Waals surface area contributed by atoms with E-state index < -0.39 is 0 Å². The first-order chi connectivity index (χ1) is 26.5. The van der Waals surface area contributed by atoms with Crippen LogP contribution in [0, 0.1) is 13.8 Å². The summed E-state index contributed by atoms with van der Waals surface area (Å²) in [5, 5.41) is 0. The summed E-state index contributed by atoms with van der Waals surface area (Å²) >= 11 is 0. The van der Waals surface area contributed by atoms with Crippen LogP contribution < -0.4 is 9.80 Å². The second-order valence-electron chi connectivity index (χ2n) is 14.4. The molecule has 270 valence electrons. The van der Waals surface area contributed by atoms with Gasteiger partial charge in [-0.15, -0.1) is 0 Å². The Morgan fingerprint density at radius 3 is 1.07 bits per heavy atom. The molecule has 0 aliphatic rings. The van der Waals surface area contributed by atoms with E-state index in [2.05, 4.69) is 207 Å². The fourth-order valence-electron chi connectivity index (χ4n) is 7.76. The van der Waals surface area contributed by atoms with E-state index >= 15 is 0 Å². The highest BCUT2D eigenvalue weighted by atomic mass is 15.2. The molecule has 0 saturated carbocycles. The monoisotopic (exact) mass is 704 g/mol. The standard InChI is InChI=1S/C52H52N2/c1-5-45-20-13-16-39(3)51(45)53(47-22-9-7-10-23-47)49-34-30-41(31-35-49)26-28-43-18-15-19-44(38-43)29-27-42-32-36-50(37-33-42)54(48-24-11-8-12-25-48)52-40(4)17-14-21-46(52)6-2/h7-25,30-38H,5-6,26-29H2,1-4H3. The van der Waals surface area contributed by atoms with Gasteiger partial charge in [-0.05, 0) is 145 Å². The summed E-state index contributed by atoms with van der Waals surface area (Å²) < 4.78 is 0. The van der Waals surface area contributed by atoms with E-state index in [4.69, 9.17) is 0 Å². The predicted molar refractivity (Wildman–Crippen MR) is 232 cm³/mol. The Labute approximate surface area is 323 Å². The maximum absolute atomic E-state index is 2.42. The number of aryl methyl sites for hydroxylation is 8. The Kier molecular flexibility index (Phi) is 11.7. The lowest BCUT2D eigenvalue weighted by molar-refractivity contribution is 0.930. The van der Waals surface area contributed by atoms with Gasteiger partial charge >= 0.3 is 0 Å². The zero-order valence-electron chi connectivity index (χ0n) is 32.3. The molecule has 0 heterocycles. The van der Waals surface area contributed by atoms with Crippen molar-refractivity contribution in [2.75, 3.05) is 9.80 Å². The van der Waals surface area contributed by atoms with Crippen LogP contribution in [0.2, 0.25) is 0 Å². The molecule has 0 fully saturated rings. The topological polar surface area (TPSA) is 6.48 Å². The molecule has 0 aromatic heterocycles. The Bertz CT molecular complexity index is 2090. The van der Waals surface area contributed by atoms with Gasteiger partial charge in [0.1, 0.15) is 0 Å². The minimum absolute atomic E-state index is 0.992. The number of hydrogen-bond donors (Lipinski definition) is 0. The summed E-state index contributed by atoms with van der Waals surface area (Å²) in [7, 11) is 0. The Morgan fingerprint density at radius 1 is 0.333 bits per heavy atom. The van der Waals surface area contributed by atoms with Crippen LogP contribution in [0.3, 0.4) is 0 Å². The van der Waals surface area contributed by atoms with Gasteiger partial charge in [0, 0.05) is 22.7 Å². The van der Waals surface area contributed by atoms with Crippen molar-refractivity contribution in [3.05, 3.63) is 214 Å². The van der Waals surface area contributed by atoms with Gasteiger partial charge in [0.05, 0.1) is 11.4 Å². The van der Waals surface area contributed by atoms with Crippen molar-refractivity contribution >= 4 is 34.1 Å². The lowest BCUT2D eigenvalue weighted by atomic mass is 9.98. The van der Waals surface area contributed by atoms with Gasteiger partial charge in [-0.1, -0.05) is 135 Å². The molecule has 0 bridgehead atoms. The first-order valence-electron chi connectivity index (χ1n) is 19.7. The number of hydrogen-bond acceptors (Lipinski definition) is 2. The average Bonchev–Trinajstić information content (AvgIpc) is 3.22. The highest BCUT2D eigenvalue weighted by Gasteiger charge is 2.19. The van der Waals surface area contributed by atoms with Crippen LogP contribution in [0.1, 0.15) is 58.4 Å². The summed E-state index contributed by atoms with van der Waals surface area (Å²) in [6, 6.07) is 62.4. The van der Waals surface area contributed by atoms with E-state index in [1.165, 1.54) is 78.6 Å². The number of benzene rings is 7. The molecule has 0 unspecified atom stereocenters. The molecule has 7 aromatic carbocycles. The second kappa shape index (κ2) is 17.3. The molecular weight excluding hydrogens is 653 g/mol. The van der Waals surface area contributed by atoms with Crippen molar-refractivity contribution in [1.82, 2.24) is 0 Å². The average molecular weight is 705 g/mol. The maximum atomic E-state index is 2.42. The van der Waals surface area contributed by atoms with E-state index in [0.717, 1.165) is 38.5 Å². The molecule has 54 heavy (non-hydrogen) atoms. The molecule has 0 amide bonds. The molecule has 0 aliphatic heterocycles. The van der Waals surface area contributed by atoms with Crippen molar-refractivity contribution in [3.8, 4) is 0 Å². The highest BCUT2D eigenvalue weighted by Crippen LogP contribution is 2.40.